The van der Waals surface area contributed by atoms with E-state index in [-0.39, 0.29) is 24.0 Å². The van der Waals surface area contributed by atoms with Crippen LogP contribution in [0.1, 0.15) is 30.9 Å². The summed E-state index contributed by atoms with van der Waals surface area (Å²) < 4.78 is 1.83. The SMILES string of the molecule is CC(C)c1cccc(NC(N)=NCc2cnn(-c3ccccc3)c2)c1.I. The lowest BCUT2D eigenvalue weighted by atomic mass is 10.0. The summed E-state index contributed by atoms with van der Waals surface area (Å²) in [5.41, 5.74) is 10.3. The Kier molecular flexibility index (Phi) is 7.20. The van der Waals surface area contributed by atoms with E-state index in [0.29, 0.717) is 18.4 Å². The number of aromatic nitrogens is 2. The van der Waals surface area contributed by atoms with Crippen molar-refractivity contribution in [3.8, 4) is 5.69 Å². The third kappa shape index (κ3) is 5.32. The molecule has 26 heavy (non-hydrogen) atoms. The highest BCUT2D eigenvalue weighted by Crippen LogP contribution is 2.18. The number of rotatable bonds is 5. The Morgan fingerprint density at radius 1 is 1.15 bits per heavy atom. The highest BCUT2D eigenvalue weighted by atomic mass is 127. The molecule has 0 amide bonds. The van der Waals surface area contributed by atoms with Gasteiger partial charge in [-0.05, 0) is 35.7 Å². The molecule has 1 heterocycles. The van der Waals surface area contributed by atoms with Crippen LogP contribution in [0.2, 0.25) is 0 Å². The number of nitrogens with two attached hydrogens (primary N) is 1. The second kappa shape index (κ2) is 9.38. The topological polar surface area (TPSA) is 68.2 Å². The standard InChI is InChI=1S/C20H23N5.HI/c1-15(2)17-7-6-8-18(11-17)24-20(21)22-12-16-13-23-25(14-16)19-9-4-3-5-10-19;/h3-11,13-15H,12H2,1-2H3,(H3,21,22,24);1H. The van der Waals surface area contributed by atoms with Gasteiger partial charge in [-0.1, -0.05) is 44.2 Å². The molecule has 3 N–H and O–H groups in total. The Labute approximate surface area is 171 Å². The normalized spacial score (nSPS) is 11.3. The van der Waals surface area contributed by atoms with E-state index < -0.39 is 0 Å². The monoisotopic (exact) mass is 461 g/mol. The lowest BCUT2D eigenvalue weighted by Crippen LogP contribution is -2.22. The van der Waals surface area contributed by atoms with Crippen molar-refractivity contribution in [1.82, 2.24) is 9.78 Å². The number of para-hydroxylation sites is 1. The highest BCUT2D eigenvalue weighted by Gasteiger charge is 2.03. The Morgan fingerprint density at radius 3 is 2.65 bits per heavy atom. The van der Waals surface area contributed by atoms with Crippen molar-refractivity contribution >= 4 is 35.6 Å². The molecule has 0 aliphatic carbocycles. The first kappa shape index (κ1) is 20.0. The first-order chi connectivity index (χ1) is 12.1. The van der Waals surface area contributed by atoms with Crippen LogP contribution in [0, 0.1) is 0 Å². The molecular formula is C20H24IN5. The summed E-state index contributed by atoms with van der Waals surface area (Å²) in [5.74, 6) is 0.872. The molecule has 2 aromatic carbocycles. The molecule has 0 fully saturated rings. The molecule has 3 aromatic rings. The van der Waals surface area contributed by atoms with Gasteiger partial charge in [-0.3, -0.25) is 0 Å². The maximum Gasteiger partial charge on any atom is 0.193 e. The number of halogens is 1. The maximum absolute atomic E-state index is 6.01. The summed E-state index contributed by atoms with van der Waals surface area (Å²) in [6.45, 7) is 4.82. The molecule has 6 heteroatoms. The molecule has 3 rings (SSSR count). The first-order valence-electron chi connectivity index (χ1n) is 8.37. The summed E-state index contributed by atoms with van der Waals surface area (Å²) in [6, 6.07) is 18.2. The fourth-order valence-electron chi connectivity index (χ4n) is 2.50. The first-order valence-corrected chi connectivity index (χ1v) is 8.37. The van der Waals surface area contributed by atoms with Crippen LogP contribution in [0.4, 0.5) is 5.69 Å². The van der Waals surface area contributed by atoms with Gasteiger partial charge in [-0.2, -0.15) is 5.10 Å². The van der Waals surface area contributed by atoms with Crippen molar-refractivity contribution in [3.05, 3.63) is 78.1 Å². The number of hydrogen-bond donors (Lipinski definition) is 2. The van der Waals surface area contributed by atoms with Crippen molar-refractivity contribution < 1.29 is 0 Å². The third-order valence-electron chi connectivity index (χ3n) is 3.91. The fraction of sp³-hybridized carbons (Fsp3) is 0.200. The Balaban J connectivity index is 0.00000243. The quantitative estimate of drug-likeness (QED) is 0.333. The zero-order valence-electron chi connectivity index (χ0n) is 15.0. The number of hydrogen-bond acceptors (Lipinski definition) is 2. The summed E-state index contributed by atoms with van der Waals surface area (Å²) >= 11 is 0. The van der Waals surface area contributed by atoms with Gasteiger partial charge in [0.1, 0.15) is 0 Å². The van der Waals surface area contributed by atoms with E-state index in [0.717, 1.165) is 16.9 Å². The van der Waals surface area contributed by atoms with Gasteiger partial charge in [0.15, 0.2) is 5.96 Å². The van der Waals surface area contributed by atoms with Crippen LogP contribution in [0.25, 0.3) is 5.69 Å². The highest BCUT2D eigenvalue weighted by molar-refractivity contribution is 14.0. The van der Waals surface area contributed by atoms with Crippen LogP contribution in [-0.4, -0.2) is 15.7 Å². The molecular weight excluding hydrogens is 437 g/mol. The Morgan fingerprint density at radius 2 is 1.92 bits per heavy atom. The van der Waals surface area contributed by atoms with E-state index in [1.807, 2.05) is 59.5 Å². The third-order valence-corrected chi connectivity index (χ3v) is 3.91. The fourth-order valence-corrected chi connectivity index (χ4v) is 2.50. The van der Waals surface area contributed by atoms with Crippen LogP contribution in [0.3, 0.4) is 0 Å². The average Bonchev–Trinajstić information content (AvgIpc) is 3.10. The summed E-state index contributed by atoms with van der Waals surface area (Å²) in [6.07, 6.45) is 3.77. The minimum absolute atomic E-state index is 0. The van der Waals surface area contributed by atoms with Crippen LogP contribution < -0.4 is 11.1 Å². The summed E-state index contributed by atoms with van der Waals surface area (Å²) in [4.78, 5) is 4.40. The molecule has 0 aliphatic rings. The van der Waals surface area contributed by atoms with Crippen LogP contribution in [0.15, 0.2) is 72.0 Å². The number of nitrogens with one attached hydrogen (secondary N) is 1. The largest absolute Gasteiger partial charge is 0.370 e. The molecule has 5 nitrogen and oxygen atoms in total. The van der Waals surface area contributed by atoms with Crippen molar-refractivity contribution in [2.75, 3.05) is 5.32 Å². The molecule has 0 saturated heterocycles. The average molecular weight is 461 g/mol. The van der Waals surface area contributed by atoms with E-state index in [2.05, 4.69) is 41.4 Å². The van der Waals surface area contributed by atoms with E-state index >= 15 is 0 Å². The van der Waals surface area contributed by atoms with E-state index in [9.17, 15) is 0 Å². The van der Waals surface area contributed by atoms with Crippen molar-refractivity contribution in [3.63, 3.8) is 0 Å². The maximum atomic E-state index is 6.01. The predicted octanol–water partition coefficient (Wildman–Crippen LogP) is 4.54. The van der Waals surface area contributed by atoms with E-state index in [1.165, 1.54) is 5.56 Å². The van der Waals surface area contributed by atoms with Gasteiger partial charge in [-0.15, -0.1) is 24.0 Å². The van der Waals surface area contributed by atoms with Crippen LogP contribution in [0.5, 0.6) is 0 Å². The molecule has 0 saturated carbocycles. The number of benzene rings is 2. The number of nitrogens with zero attached hydrogens (tertiary/aromatic N) is 3. The lowest BCUT2D eigenvalue weighted by Gasteiger charge is -2.09. The predicted molar refractivity (Wildman–Crippen MR) is 118 cm³/mol. The van der Waals surface area contributed by atoms with Crippen LogP contribution >= 0.6 is 24.0 Å². The van der Waals surface area contributed by atoms with Crippen molar-refractivity contribution in [1.29, 1.82) is 0 Å². The Hall–Kier alpha value is -2.35. The van der Waals surface area contributed by atoms with E-state index in [1.54, 1.807) is 0 Å². The molecule has 0 spiro atoms. The molecule has 0 atom stereocenters. The smallest absolute Gasteiger partial charge is 0.193 e. The van der Waals surface area contributed by atoms with Gasteiger partial charge in [0.25, 0.3) is 0 Å². The van der Waals surface area contributed by atoms with Gasteiger partial charge in [0, 0.05) is 17.4 Å². The zero-order chi connectivity index (χ0) is 17.6. The molecule has 136 valence electrons. The number of anilines is 1. The molecule has 1 aromatic heterocycles. The zero-order valence-corrected chi connectivity index (χ0v) is 17.3. The van der Waals surface area contributed by atoms with E-state index in [4.69, 9.17) is 5.73 Å². The molecule has 0 bridgehead atoms. The van der Waals surface area contributed by atoms with Crippen LogP contribution in [-0.2, 0) is 6.54 Å². The van der Waals surface area contributed by atoms with Gasteiger partial charge < -0.3 is 11.1 Å². The lowest BCUT2D eigenvalue weighted by molar-refractivity contribution is 0.867. The molecule has 0 aliphatic heterocycles. The van der Waals surface area contributed by atoms with Crippen molar-refractivity contribution in [2.24, 2.45) is 10.7 Å². The van der Waals surface area contributed by atoms with Gasteiger partial charge in [0.2, 0.25) is 0 Å². The number of guanidine groups is 1. The molecule has 0 unspecified atom stereocenters. The van der Waals surface area contributed by atoms with Crippen molar-refractivity contribution in [2.45, 2.75) is 26.3 Å². The summed E-state index contributed by atoms with van der Waals surface area (Å²) in [5, 5.41) is 7.51. The summed E-state index contributed by atoms with van der Waals surface area (Å²) in [7, 11) is 0. The number of aliphatic imine (C=N–C) groups is 1. The second-order valence-corrected chi connectivity index (χ2v) is 6.24. The minimum Gasteiger partial charge on any atom is -0.370 e. The van der Waals surface area contributed by atoms with Gasteiger partial charge in [0.05, 0.1) is 18.4 Å². The Bertz CT molecular complexity index is 855. The van der Waals surface area contributed by atoms with Gasteiger partial charge in [-0.25, -0.2) is 9.67 Å². The van der Waals surface area contributed by atoms with Gasteiger partial charge >= 0.3 is 0 Å². The second-order valence-electron chi connectivity index (χ2n) is 6.24. The minimum atomic E-state index is 0. The molecule has 0 radical (unpaired) electrons.